The number of anilines is 1. The quantitative estimate of drug-likeness (QED) is 0.609. The molecule has 0 aliphatic rings. The predicted octanol–water partition coefficient (Wildman–Crippen LogP) is 2.04. The third-order valence-electron chi connectivity index (χ3n) is 3.65. The molecule has 2 aromatic rings. The number of aromatic nitrogens is 2. The Hall–Kier alpha value is -2.96. The van der Waals surface area contributed by atoms with Crippen molar-refractivity contribution in [3.63, 3.8) is 0 Å². The molecule has 0 saturated carbocycles. The Balaban J connectivity index is 2.39. The molecule has 132 valence electrons. The summed E-state index contributed by atoms with van der Waals surface area (Å²) in [5.74, 6) is -0.646. The molecule has 1 aromatic heterocycles. The van der Waals surface area contributed by atoms with E-state index < -0.39 is 5.56 Å². The maximum absolute atomic E-state index is 12.4. The normalized spacial score (nSPS) is 10.5. The zero-order chi connectivity index (χ0) is 18.4. The number of hydrogen-bond donors (Lipinski definition) is 1. The molecule has 0 amide bonds. The summed E-state index contributed by atoms with van der Waals surface area (Å²) in [6.07, 6.45) is 0.565. The van der Waals surface area contributed by atoms with Crippen molar-refractivity contribution in [1.29, 1.82) is 0 Å². The molecule has 0 atom stereocenters. The van der Waals surface area contributed by atoms with Crippen LogP contribution in [0.3, 0.4) is 0 Å². The van der Waals surface area contributed by atoms with Crippen LogP contribution in [0.4, 0.5) is 5.69 Å². The first-order chi connectivity index (χ1) is 12.0. The number of nitrogen functional groups attached to an aromatic ring is 1. The number of ketones is 1. The first kappa shape index (κ1) is 18.4. The molecule has 2 N–H and O–H groups in total. The van der Waals surface area contributed by atoms with Crippen LogP contribution in [-0.2, 0) is 16.1 Å². The van der Waals surface area contributed by atoms with Crippen molar-refractivity contribution in [2.24, 2.45) is 0 Å². The number of carbonyl (C=O) groups is 2. The highest BCUT2D eigenvalue weighted by atomic mass is 16.5. The minimum Gasteiger partial charge on any atom is -0.466 e. The number of nitrogens with zero attached hydrogens (tertiary/aromatic N) is 2. The number of carbonyl (C=O) groups excluding carboxylic acids is 2. The lowest BCUT2D eigenvalue weighted by atomic mass is 10.0. The van der Waals surface area contributed by atoms with Crippen LogP contribution in [0.15, 0.2) is 35.1 Å². The fraction of sp³-hybridized carbons (Fsp3) is 0.333. The van der Waals surface area contributed by atoms with Crippen molar-refractivity contribution in [2.75, 3.05) is 12.3 Å². The lowest BCUT2D eigenvalue weighted by molar-refractivity contribution is -0.143. The molecule has 2 rings (SSSR count). The van der Waals surface area contributed by atoms with Gasteiger partial charge in [0, 0.05) is 18.5 Å². The van der Waals surface area contributed by atoms with E-state index >= 15 is 0 Å². The van der Waals surface area contributed by atoms with Gasteiger partial charge in [0.1, 0.15) is 11.4 Å². The first-order valence-electron chi connectivity index (χ1n) is 8.08. The largest absolute Gasteiger partial charge is 0.466 e. The van der Waals surface area contributed by atoms with Crippen molar-refractivity contribution in [3.05, 3.63) is 46.2 Å². The first-order valence-corrected chi connectivity index (χ1v) is 8.08. The Morgan fingerprint density at radius 2 is 1.92 bits per heavy atom. The van der Waals surface area contributed by atoms with Crippen LogP contribution in [0, 0.1) is 0 Å². The van der Waals surface area contributed by atoms with E-state index in [1.807, 2.05) is 18.2 Å². The maximum Gasteiger partial charge on any atom is 0.305 e. The minimum absolute atomic E-state index is 0.123. The molecule has 0 aliphatic heterocycles. The molecule has 1 aromatic carbocycles. The Labute approximate surface area is 145 Å². The van der Waals surface area contributed by atoms with E-state index in [9.17, 15) is 14.4 Å². The van der Waals surface area contributed by atoms with Gasteiger partial charge in [0.25, 0.3) is 5.56 Å². The highest BCUT2D eigenvalue weighted by molar-refractivity contribution is 6.04. The molecule has 0 bridgehead atoms. The molecule has 7 heteroatoms. The fourth-order valence-corrected chi connectivity index (χ4v) is 2.50. The predicted molar refractivity (Wildman–Crippen MR) is 94.2 cm³/mol. The van der Waals surface area contributed by atoms with E-state index in [1.165, 1.54) is 11.6 Å². The molecule has 0 aliphatic carbocycles. The number of hydrogen-bond acceptors (Lipinski definition) is 6. The highest BCUT2D eigenvalue weighted by Crippen LogP contribution is 2.23. The van der Waals surface area contributed by atoms with Crippen LogP contribution < -0.4 is 11.3 Å². The third kappa shape index (κ3) is 4.32. The topological polar surface area (TPSA) is 104 Å². The maximum atomic E-state index is 12.4. The van der Waals surface area contributed by atoms with Crippen molar-refractivity contribution < 1.29 is 14.3 Å². The second kappa shape index (κ2) is 8.23. The number of nitrogens with two attached hydrogens (primary N) is 1. The van der Waals surface area contributed by atoms with Crippen LogP contribution in [-0.4, -0.2) is 28.1 Å². The molecule has 0 spiro atoms. The molecule has 7 nitrogen and oxygen atoms in total. The molecule has 25 heavy (non-hydrogen) atoms. The van der Waals surface area contributed by atoms with Crippen molar-refractivity contribution in [3.8, 4) is 11.3 Å². The second-order valence-corrected chi connectivity index (χ2v) is 5.50. The van der Waals surface area contributed by atoms with Crippen molar-refractivity contribution in [2.45, 2.75) is 33.2 Å². The summed E-state index contributed by atoms with van der Waals surface area (Å²) in [6, 6.07) is 9.06. The molecule has 0 unspecified atom stereocenters. The Kier molecular flexibility index (Phi) is 6.05. The van der Waals surface area contributed by atoms with Gasteiger partial charge in [0.2, 0.25) is 0 Å². The summed E-state index contributed by atoms with van der Waals surface area (Å²) < 4.78 is 6.06. The summed E-state index contributed by atoms with van der Waals surface area (Å²) in [5, 5.41) is 4.32. The molecule has 1 heterocycles. The van der Waals surface area contributed by atoms with Gasteiger partial charge in [-0.15, -0.1) is 0 Å². The fourth-order valence-electron chi connectivity index (χ4n) is 2.50. The van der Waals surface area contributed by atoms with Gasteiger partial charge in [-0.2, -0.15) is 5.10 Å². The average molecular weight is 343 g/mol. The van der Waals surface area contributed by atoms with E-state index in [2.05, 4.69) is 5.10 Å². The van der Waals surface area contributed by atoms with Crippen molar-refractivity contribution in [1.82, 2.24) is 9.78 Å². The number of aryl methyl sites for hydroxylation is 1. The Bertz CT molecular complexity index is 828. The van der Waals surface area contributed by atoms with E-state index in [0.29, 0.717) is 24.3 Å². The number of Topliss-reactive ketones (excluding diaryl/α,β-unsaturated/α-hetero) is 1. The molecular formula is C18H21N3O4. The summed E-state index contributed by atoms with van der Waals surface area (Å²) in [6.45, 7) is 3.61. The highest BCUT2D eigenvalue weighted by Gasteiger charge is 2.19. The minimum atomic E-state index is -0.534. The van der Waals surface area contributed by atoms with Gasteiger partial charge in [-0.05, 0) is 20.3 Å². The third-order valence-corrected chi connectivity index (χ3v) is 3.65. The smallest absolute Gasteiger partial charge is 0.305 e. The molecule has 0 radical (unpaired) electrons. The Morgan fingerprint density at radius 1 is 1.24 bits per heavy atom. The van der Waals surface area contributed by atoms with Crippen LogP contribution in [0.5, 0.6) is 0 Å². The number of ether oxygens (including phenoxy) is 1. The monoisotopic (exact) mass is 343 g/mol. The van der Waals surface area contributed by atoms with E-state index in [1.54, 1.807) is 19.1 Å². The lowest BCUT2D eigenvalue weighted by Gasteiger charge is -2.13. The van der Waals surface area contributed by atoms with Crippen LogP contribution in [0.2, 0.25) is 0 Å². The van der Waals surface area contributed by atoms with Gasteiger partial charge < -0.3 is 10.5 Å². The number of rotatable bonds is 7. The molecule has 0 saturated heterocycles. The van der Waals surface area contributed by atoms with Gasteiger partial charge >= 0.3 is 5.97 Å². The van der Waals surface area contributed by atoms with Crippen LogP contribution >= 0.6 is 0 Å². The zero-order valence-corrected chi connectivity index (χ0v) is 14.3. The Morgan fingerprint density at radius 3 is 2.52 bits per heavy atom. The second-order valence-electron chi connectivity index (χ2n) is 5.50. The van der Waals surface area contributed by atoms with Crippen molar-refractivity contribution >= 4 is 17.4 Å². The van der Waals surface area contributed by atoms with Gasteiger partial charge in [-0.3, -0.25) is 14.4 Å². The van der Waals surface area contributed by atoms with Gasteiger partial charge in [0.05, 0.1) is 12.2 Å². The van der Waals surface area contributed by atoms with Crippen LogP contribution in [0.25, 0.3) is 11.3 Å². The van der Waals surface area contributed by atoms with Crippen LogP contribution in [0.1, 0.15) is 37.0 Å². The lowest BCUT2D eigenvalue weighted by Crippen LogP contribution is -2.29. The average Bonchev–Trinajstić information content (AvgIpc) is 2.59. The van der Waals surface area contributed by atoms with E-state index in [-0.39, 0.29) is 36.0 Å². The number of esters is 1. The standard InChI is InChI=1S/C18H21N3O4/c1-3-25-14(23)10-7-11-21-18(24)16(19)15(12(2)22)17(20-21)13-8-5-4-6-9-13/h4-6,8-9H,3,7,10-11,19H2,1-2H3. The van der Waals surface area contributed by atoms with Gasteiger partial charge in [-0.25, -0.2) is 4.68 Å². The zero-order valence-electron chi connectivity index (χ0n) is 14.3. The summed E-state index contributed by atoms with van der Waals surface area (Å²) in [7, 11) is 0. The van der Waals surface area contributed by atoms with E-state index in [0.717, 1.165) is 0 Å². The SMILES string of the molecule is CCOC(=O)CCCn1nc(-c2ccccc2)c(C(C)=O)c(N)c1=O. The molecular weight excluding hydrogens is 322 g/mol. The molecule has 0 fully saturated rings. The van der Waals surface area contributed by atoms with E-state index in [4.69, 9.17) is 10.5 Å². The van der Waals surface area contributed by atoms with Gasteiger partial charge in [0.15, 0.2) is 5.78 Å². The van der Waals surface area contributed by atoms with Gasteiger partial charge in [-0.1, -0.05) is 30.3 Å². The summed E-state index contributed by atoms with van der Waals surface area (Å²) >= 11 is 0. The number of benzene rings is 1. The summed E-state index contributed by atoms with van der Waals surface area (Å²) in [5.41, 5.74) is 6.43. The summed E-state index contributed by atoms with van der Waals surface area (Å²) in [4.78, 5) is 35.8.